The van der Waals surface area contributed by atoms with Crippen molar-refractivity contribution in [2.45, 2.75) is 27.3 Å². The molecule has 0 N–H and O–H groups in total. The molecule has 1 aromatic rings. The van der Waals surface area contributed by atoms with Crippen LogP contribution in [0.4, 0.5) is 4.79 Å². The topological polar surface area (TPSA) is 51.5 Å². The van der Waals surface area contributed by atoms with E-state index in [4.69, 9.17) is 4.74 Å². The summed E-state index contributed by atoms with van der Waals surface area (Å²) in [7, 11) is 1.55. The molecule has 1 saturated heterocycles. The van der Waals surface area contributed by atoms with Gasteiger partial charge in [0.15, 0.2) is 0 Å². The van der Waals surface area contributed by atoms with Gasteiger partial charge < -0.3 is 9.30 Å². The molecule has 1 aliphatic rings. The van der Waals surface area contributed by atoms with Crippen LogP contribution in [-0.2, 0) is 16.1 Å². The molecule has 114 valence electrons. The molecule has 21 heavy (non-hydrogen) atoms. The van der Waals surface area contributed by atoms with Gasteiger partial charge in [-0.05, 0) is 50.2 Å². The summed E-state index contributed by atoms with van der Waals surface area (Å²) in [4.78, 5) is 25.8. The van der Waals surface area contributed by atoms with Gasteiger partial charge in [0.25, 0.3) is 11.1 Å². The first-order valence-corrected chi connectivity index (χ1v) is 7.72. The first-order valence-electron chi connectivity index (χ1n) is 6.90. The summed E-state index contributed by atoms with van der Waals surface area (Å²) < 4.78 is 7.11. The third-order valence-corrected chi connectivity index (χ3v) is 4.52. The molecule has 1 aliphatic heterocycles. The van der Waals surface area contributed by atoms with Gasteiger partial charge in [-0.25, -0.2) is 0 Å². The molecule has 0 radical (unpaired) electrons. The Labute approximate surface area is 128 Å². The first-order chi connectivity index (χ1) is 9.99. The van der Waals surface area contributed by atoms with Crippen LogP contribution in [0.3, 0.4) is 0 Å². The van der Waals surface area contributed by atoms with Gasteiger partial charge >= 0.3 is 0 Å². The van der Waals surface area contributed by atoms with Crippen LogP contribution >= 0.6 is 11.8 Å². The smallest absolute Gasteiger partial charge is 0.293 e. The molecule has 2 rings (SSSR count). The van der Waals surface area contributed by atoms with Crippen molar-refractivity contribution in [3.05, 3.63) is 27.9 Å². The van der Waals surface area contributed by atoms with Crippen molar-refractivity contribution in [2.75, 3.05) is 20.3 Å². The number of carbonyl (C=O) groups excluding carboxylic acids is 2. The molecule has 6 heteroatoms. The Balaban J connectivity index is 2.27. The van der Waals surface area contributed by atoms with Crippen molar-refractivity contribution in [1.82, 2.24) is 9.47 Å². The summed E-state index contributed by atoms with van der Waals surface area (Å²) in [5.41, 5.74) is 3.25. The van der Waals surface area contributed by atoms with E-state index in [1.54, 1.807) is 7.11 Å². The predicted molar refractivity (Wildman–Crippen MR) is 84.1 cm³/mol. The van der Waals surface area contributed by atoms with Crippen molar-refractivity contribution in [3.63, 3.8) is 0 Å². The third kappa shape index (κ3) is 3.06. The fourth-order valence-electron chi connectivity index (χ4n) is 2.48. The van der Waals surface area contributed by atoms with Crippen molar-refractivity contribution < 1.29 is 14.3 Å². The number of aryl methyl sites for hydroxylation is 1. The van der Waals surface area contributed by atoms with Gasteiger partial charge in [0.2, 0.25) is 0 Å². The zero-order valence-corrected chi connectivity index (χ0v) is 13.6. The standard InChI is InChI=1S/C15H20N2O3S/c1-5-16-10(2)8-12(11(16)3)9-13-14(18)17(6-7-20-4)15(19)21-13/h8-9H,5-7H2,1-4H3/b13-9+. The highest BCUT2D eigenvalue weighted by atomic mass is 32.2. The van der Waals surface area contributed by atoms with Gasteiger partial charge in [-0.15, -0.1) is 0 Å². The first kappa shape index (κ1) is 15.9. The fourth-order valence-corrected chi connectivity index (χ4v) is 3.33. The number of hydrogen-bond acceptors (Lipinski definition) is 4. The minimum atomic E-state index is -0.233. The zero-order valence-electron chi connectivity index (χ0n) is 12.8. The summed E-state index contributed by atoms with van der Waals surface area (Å²) in [6, 6.07) is 2.04. The number of thioether (sulfide) groups is 1. The number of amides is 2. The second-order valence-corrected chi connectivity index (χ2v) is 5.89. The van der Waals surface area contributed by atoms with Crippen LogP contribution in [0.1, 0.15) is 23.9 Å². The SMILES string of the molecule is CCn1c(C)cc(/C=C2/SC(=O)N(CCOC)C2=O)c1C. The van der Waals surface area contributed by atoms with Gasteiger partial charge in [-0.3, -0.25) is 14.5 Å². The van der Waals surface area contributed by atoms with Crippen LogP contribution in [0.2, 0.25) is 0 Å². The molecule has 5 nitrogen and oxygen atoms in total. The number of imide groups is 1. The number of rotatable bonds is 5. The van der Waals surface area contributed by atoms with E-state index in [9.17, 15) is 9.59 Å². The van der Waals surface area contributed by atoms with Crippen molar-refractivity contribution in [2.24, 2.45) is 0 Å². The molecule has 2 heterocycles. The molecule has 0 saturated carbocycles. The normalized spacial score (nSPS) is 17.3. The van der Waals surface area contributed by atoms with Gasteiger partial charge in [0.1, 0.15) is 0 Å². The Bertz CT molecular complexity index is 604. The molecule has 1 fully saturated rings. The Kier molecular flexibility index (Phi) is 4.90. The molecule has 1 aromatic heterocycles. The van der Waals surface area contributed by atoms with Crippen LogP contribution in [0, 0.1) is 13.8 Å². The van der Waals surface area contributed by atoms with E-state index in [1.165, 1.54) is 4.90 Å². The van der Waals surface area contributed by atoms with E-state index < -0.39 is 0 Å². The van der Waals surface area contributed by atoms with Crippen LogP contribution in [-0.4, -0.2) is 40.9 Å². The lowest BCUT2D eigenvalue weighted by atomic mass is 10.2. The summed E-state index contributed by atoms with van der Waals surface area (Å²) in [6.07, 6.45) is 1.81. The maximum atomic E-state index is 12.3. The quantitative estimate of drug-likeness (QED) is 0.785. The van der Waals surface area contributed by atoms with E-state index in [0.717, 1.165) is 35.3 Å². The monoisotopic (exact) mass is 308 g/mol. The van der Waals surface area contributed by atoms with Crippen molar-refractivity contribution in [1.29, 1.82) is 0 Å². The van der Waals surface area contributed by atoms with Gasteiger partial charge in [0, 0.05) is 25.0 Å². The maximum absolute atomic E-state index is 12.3. The number of hydrogen-bond donors (Lipinski definition) is 0. The lowest BCUT2D eigenvalue weighted by Gasteiger charge is -2.10. The van der Waals surface area contributed by atoms with Crippen LogP contribution < -0.4 is 0 Å². The molecular weight excluding hydrogens is 288 g/mol. The highest BCUT2D eigenvalue weighted by molar-refractivity contribution is 8.18. The Morgan fingerprint density at radius 1 is 1.33 bits per heavy atom. The highest BCUT2D eigenvalue weighted by Gasteiger charge is 2.34. The maximum Gasteiger partial charge on any atom is 0.293 e. The number of nitrogens with zero attached hydrogens (tertiary/aromatic N) is 2. The van der Waals surface area contributed by atoms with Crippen LogP contribution in [0.5, 0.6) is 0 Å². The van der Waals surface area contributed by atoms with Gasteiger partial charge in [-0.1, -0.05) is 0 Å². The molecule has 0 aromatic carbocycles. The number of aromatic nitrogens is 1. The molecule has 0 spiro atoms. The highest BCUT2D eigenvalue weighted by Crippen LogP contribution is 2.33. The lowest BCUT2D eigenvalue weighted by molar-refractivity contribution is -0.123. The molecule has 0 bridgehead atoms. The van der Waals surface area contributed by atoms with Crippen molar-refractivity contribution in [3.8, 4) is 0 Å². The van der Waals surface area contributed by atoms with E-state index in [0.29, 0.717) is 18.1 Å². The minimum Gasteiger partial charge on any atom is -0.383 e. The van der Waals surface area contributed by atoms with Crippen LogP contribution in [0.15, 0.2) is 11.0 Å². The molecule has 0 unspecified atom stereocenters. The number of methoxy groups -OCH3 is 1. The Morgan fingerprint density at radius 3 is 2.62 bits per heavy atom. The average molecular weight is 308 g/mol. The Morgan fingerprint density at radius 2 is 2.05 bits per heavy atom. The predicted octanol–water partition coefficient (Wildman–Crippen LogP) is 2.81. The Hall–Kier alpha value is -1.53. The van der Waals surface area contributed by atoms with E-state index in [-0.39, 0.29) is 11.1 Å². The lowest BCUT2D eigenvalue weighted by Crippen LogP contribution is -2.31. The minimum absolute atomic E-state index is 0.229. The van der Waals surface area contributed by atoms with E-state index in [2.05, 4.69) is 11.5 Å². The summed E-state index contributed by atoms with van der Waals surface area (Å²) >= 11 is 0.992. The third-order valence-electron chi connectivity index (χ3n) is 3.61. The molecule has 2 amide bonds. The summed E-state index contributed by atoms with van der Waals surface area (Å²) in [5.74, 6) is -0.233. The van der Waals surface area contributed by atoms with Crippen LogP contribution in [0.25, 0.3) is 6.08 Å². The molecule has 0 aliphatic carbocycles. The summed E-state index contributed by atoms with van der Waals surface area (Å²) in [6.45, 7) is 7.70. The second kappa shape index (κ2) is 6.49. The fraction of sp³-hybridized carbons (Fsp3) is 0.467. The zero-order chi connectivity index (χ0) is 15.6. The van der Waals surface area contributed by atoms with Gasteiger partial charge in [-0.2, -0.15) is 0 Å². The van der Waals surface area contributed by atoms with E-state index in [1.807, 2.05) is 26.0 Å². The van der Waals surface area contributed by atoms with E-state index >= 15 is 0 Å². The van der Waals surface area contributed by atoms with Gasteiger partial charge in [0.05, 0.1) is 18.1 Å². The molecular formula is C15H20N2O3S. The second-order valence-electron chi connectivity index (χ2n) is 4.90. The number of carbonyl (C=O) groups is 2. The number of ether oxygens (including phenoxy) is 1. The molecule has 0 atom stereocenters. The van der Waals surface area contributed by atoms with Crippen molar-refractivity contribution >= 4 is 29.0 Å². The summed E-state index contributed by atoms with van der Waals surface area (Å²) in [5, 5.41) is -0.229. The largest absolute Gasteiger partial charge is 0.383 e. The average Bonchev–Trinajstić information content (AvgIpc) is 2.86.